The number of nitrogens with zero attached hydrogens (tertiary/aromatic N) is 2. The highest BCUT2D eigenvalue weighted by molar-refractivity contribution is 6.30. The summed E-state index contributed by atoms with van der Waals surface area (Å²) < 4.78 is 0. The van der Waals surface area contributed by atoms with E-state index in [0.717, 1.165) is 31.2 Å². The Morgan fingerprint density at radius 1 is 1.19 bits per heavy atom. The number of ketones is 1. The highest BCUT2D eigenvalue weighted by atomic mass is 35.5. The van der Waals surface area contributed by atoms with Crippen LogP contribution in [0.1, 0.15) is 36.0 Å². The topological polar surface area (TPSA) is 23.6 Å². The summed E-state index contributed by atoms with van der Waals surface area (Å²) in [5, 5.41) is 0.679. The van der Waals surface area contributed by atoms with Crippen LogP contribution in [0.25, 0.3) is 0 Å². The third-order valence-corrected chi connectivity index (χ3v) is 5.31. The molecule has 0 saturated carbocycles. The van der Waals surface area contributed by atoms with Gasteiger partial charge in [-0.3, -0.25) is 9.69 Å². The Hall–Kier alpha value is -0.900. The molecule has 114 valence electrons. The lowest BCUT2D eigenvalue weighted by Gasteiger charge is -2.25. The Morgan fingerprint density at radius 3 is 2.67 bits per heavy atom. The summed E-state index contributed by atoms with van der Waals surface area (Å²) in [6.45, 7) is 3.11. The molecule has 0 aliphatic carbocycles. The van der Waals surface area contributed by atoms with Gasteiger partial charge in [0.1, 0.15) is 0 Å². The number of carbonyl (C=O) groups is 1. The van der Waals surface area contributed by atoms with Crippen LogP contribution in [0.15, 0.2) is 24.3 Å². The second-order valence-electron chi connectivity index (χ2n) is 6.32. The molecule has 21 heavy (non-hydrogen) atoms. The van der Waals surface area contributed by atoms with Gasteiger partial charge in [-0.05, 0) is 57.1 Å². The molecule has 2 bridgehead atoms. The summed E-state index contributed by atoms with van der Waals surface area (Å²) in [5.74, 6) is 0.217. The van der Waals surface area contributed by atoms with Crippen molar-refractivity contribution in [3.63, 3.8) is 0 Å². The highest BCUT2D eigenvalue weighted by Gasteiger charge is 2.34. The van der Waals surface area contributed by atoms with E-state index in [9.17, 15) is 4.79 Å². The van der Waals surface area contributed by atoms with Crippen molar-refractivity contribution in [2.75, 3.05) is 26.7 Å². The second kappa shape index (κ2) is 6.47. The van der Waals surface area contributed by atoms with Gasteiger partial charge in [-0.25, -0.2) is 0 Å². The Morgan fingerprint density at radius 2 is 1.90 bits per heavy atom. The van der Waals surface area contributed by atoms with Crippen LogP contribution in [0, 0.1) is 0 Å². The molecule has 2 unspecified atom stereocenters. The standard InChI is InChI=1S/C17H23ClN2O/c1-19-15-6-7-16(19)12-20(10-8-15)11-9-17(21)13-2-4-14(18)5-3-13/h2-5,15-16H,6-12H2,1H3. The van der Waals surface area contributed by atoms with Gasteiger partial charge < -0.3 is 4.90 Å². The van der Waals surface area contributed by atoms with Crippen molar-refractivity contribution in [1.29, 1.82) is 0 Å². The van der Waals surface area contributed by atoms with Gasteiger partial charge in [-0.2, -0.15) is 0 Å². The van der Waals surface area contributed by atoms with Crippen LogP contribution in [0.4, 0.5) is 0 Å². The Bertz CT molecular complexity index is 502. The minimum atomic E-state index is 0.217. The van der Waals surface area contributed by atoms with Crippen LogP contribution in [0.5, 0.6) is 0 Å². The second-order valence-corrected chi connectivity index (χ2v) is 6.76. The monoisotopic (exact) mass is 306 g/mol. The predicted octanol–water partition coefficient (Wildman–Crippen LogP) is 3.08. The maximum absolute atomic E-state index is 12.2. The van der Waals surface area contributed by atoms with Crippen LogP contribution in [-0.4, -0.2) is 54.3 Å². The van der Waals surface area contributed by atoms with Crippen molar-refractivity contribution < 1.29 is 4.79 Å². The van der Waals surface area contributed by atoms with Crippen molar-refractivity contribution in [2.24, 2.45) is 0 Å². The van der Waals surface area contributed by atoms with Crippen molar-refractivity contribution in [1.82, 2.24) is 9.80 Å². The Kier molecular flexibility index (Phi) is 4.63. The van der Waals surface area contributed by atoms with Gasteiger partial charge in [-0.15, -0.1) is 0 Å². The molecule has 1 aromatic carbocycles. The third-order valence-electron chi connectivity index (χ3n) is 5.05. The molecule has 1 aromatic rings. The summed E-state index contributed by atoms with van der Waals surface area (Å²) in [6, 6.07) is 8.66. The van der Waals surface area contributed by atoms with Gasteiger partial charge in [0.15, 0.2) is 5.78 Å². The molecule has 3 rings (SSSR count). The lowest BCUT2D eigenvalue weighted by Crippen LogP contribution is -2.37. The summed E-state index contributed by atoms with van der Waals surface area (Å²) in [5.41, 5.74) is 0.771. The average Bonchev–Trinajstić information content (AvgIpc) is 2.72. The number of Topliss-reactive ketones (excluding diaryl/α,β-unsaturated/α-hetero) is 1. The molecule has 0 amide bonds. The molecular formula is C17H23ClN2O. The molecule has 4 heteroatoms. The van der Waals surface area contributed by atoms with E-state index < -0.39 is 0 Å². The maximum Gasteiger partial charge on any atom is 0.164 e. The first-order valence-corrected chi connectivity index (χ1v) is 8.24. The zero-order valence-electron chi connectivity index (χ0n) is 12.6. The largest absolute Gasteiger partial charge is 0.301 e. The molecule has 3 nitrogen and oxygen atoms in total. The highest BCUT2D eigenvalue weighted by Crippen LogP contribution is 2.28. The van der Waals surface area contributed by atoms with E-state index in [2.05, 4.69) is 16.8 Å². The first kappa shape index (κ1) is 15.0. The lowest BCUT2D eigenvalue weighted by molar-refractivity contribution is 0.0961. The lowest BCUT2D eigenvalue weighted by atomic mass is 10.1. The number of halogens is 1. The van der Waals surface area contributed by atoms with Gasteiger partial charge in [-0.1, -0.05) is 11.6 Å². The van der Waals surface area contributed by atoms with E-state index in [-0.39, 0.29) is 5.78 Å². The van der Waals surface area contributed by atoms with Crippen LogP contribution >= 0.6 is 11.6 Å². The number of fused-ring (bicyclic) bond motifs is 2. The van der Waals surface area contributed by atoms with Crippen molar-refractivity contribution in [2.45, 2.75) is 37.8 Å². The first-order valence-electron chi connectivity index (χ1n) is 7.86. The van der Waals surface area contributed by atoms with Gasteiger partial charge in [0.2, 0.25) is 0 Å². The van der Waals surface area contributed by atoms with E-state index in [4.69, 9.17) is 11.6 Å². The average molecular weight is 307 g/mol. The molecule has 2 aliphatic heterocycles. The Labute approximate surface area is 131 Å². The number of benzene rings is 1. The minimum absolute atomic E-state index is 0.217. The quantitative estimate of drug-likeness (QED) is 0.799. The number of carbonyl (C=O) groups excluding carboxylic acids is 1. The predicted molar refractivity (Wildman–Crippen MR) is 86.0 cm³/mol. The summed E-state index contributed by atoms with van der Waals surface area (Å²) in [6.07, 6.45) is 4.49. The van der Waals surface area contributed by atoms with Crippen molar-refractivity contribution in [3.05, 3.63) is 34.9 Å². The van der Waals surface area contributed by atoms with Gasteiger partial charge in [0, 0.05) is 42.2 Å². The SMILES string of the molecule is CN1C2CCC1CN(CCC(=O)c1ccc(Cl)cc1)CC2. The fourth-order valence-corrected chi connectivity index (χ4v) is 3.75. The fraction of sp³-hybridized carbons (Fsp3) is 0.588. The molecule has 0 spiro atoms. The van der Waals surface area contributed by atoms with E-state index in [1.54, 1.807) is 12.1 Å². The molecule has 2 fully saturated rings. The number of rotatable bonds is 4. The molecule has 2 saturated heterocycles. The molecule has 2 aliphatic rings. The van der Waals surface area contributed by atoms with Crippen LogP contribution < -0.4 is 0 Å². The van der Waals surface area contributed by atoms with Gasteiger partial charge >= 0.3 is 0 Å². The normalized spacial score (nSPS) is 26.8. The van der Waals surface area contributed by atoms with Crippen molar-refractivity contribution in [3.8, 4) is 0 Å². The minimum Gasteiger partial charge on any atom is -0.301 e. The van der Waals surface area contributed by atoms with Crippen LogP contribution in [-0.2, 0) is 0 Å². The summed E-state index contributed by atoms with van der Waals surface area (Å²) >= 11 is 5.86. The van der Waals surface area contributed by atoms with Gasteiger partial charge in [0.25, 0.3) is 0 Å². The molecule has 2 heterocycles. The Balaban J connectivity index is 1.53. The summed E-state index contributed by atoms with van der Waals surface area (Å²) in [7, 11) is 2.25. The first-order chi connectivity index (χ1) is 10.1. The third kappa shape index (κ3) is 3.47. The zero-order valence-corrected chi connectivity index (χ0v) is 13.4. The number of hydrogen-bond acceptors (Lipinski definition) is 3. The number of likely N-dealkylation sites (tertiary alicyclic amines) is 1. The fourth-order valence-electron chi connectivity index (χ4n) is 3.62. The van der Waals surface area contributed by atoms with E-state index in [1.807, 2.05) is 12.1 Å². The van der Waals surface area contributed by atoms with E-state index in [0.29, 0.717) is 17.5 Å². The maximum atomic E-state index is 12.2. The summed E-state index contributed by atoms with van der Waals surface area (Å²) in [4.78, 5) is 17.2. The van der Waals surface area contributed by atoms with Crippen molar-refractivity contribution >= 4 is 17.4 Å². The molecule has 0 radical (unpaired) electrons. The van der Waals surface area contributed by atoms with E-state index >= 15 is 0 Å². The molecular weight excluding hydrogens is 284 g/mol. The number of hydrogen-bond donors (Lipinski definition) is 0. The van der Waals surface area contributed by atoms with Gasteiger partial charge in [0.05, 0.1) is 0 Å². The zero-order chi connectivity index (χ0) is 14.8. The van der Waals surface area contributed by atoms with Crippen LogP contribution in [0.3, 0.4) is 0 Å². The molecule has 2 atom stereocenters. The number of likely N-dealkylation sites (N-methyl/N-ethyl adjacent to an activating group) is 1. The molecule has 0 N–H and O–H groups in total. The van der Waals surface area contributed by atoms with Crippen LogP contribution in [0.2, 0.25) is 5.02 Å². The smallest absolute Gasteiger partial charge is 0.164 e. The van der Waals surface area contributed by atoms with E-state index in [1.165, 1.54) is 19.3 Å². The molecule has 0 aromatic heterocycles.